The molecule has 0 spiro atoms. The molecule has 1 N–H and O–H groups in total. The van der Waals surface area contributed by atoms with E-state index in [2.05, 4.69) is 92.0 Å². The van der Waals surface area contributed by atoms with Gasteiger partial charge in [-0.15, -0.1) is 6.42 Å². The number of rotatable bonds is 4. The molecule has 2 heterocycles. The molecule has 0 saturated carbocycles. The number of ketones is 2. The zero-order valence-electron chi connectivity index (χ0n) is 36.9. The first-order chi connectivity index (χ1) is 27.0. The smallest absolute Gasteiger partial charge is 0.242 e. The van der Waals surface area contributed by atoms with Gasteiger partial charge in [0, 0.05) is 40.1 Å². The number of nitrogens with zero attached hydrogens (tertiary/aromatic N) is 3. The molecule has 0 radical (unpaired) electrons. The van der Waals surface area contributed by atoms with Crippen LogP contribution in [0.5, 0.6) is 5.75 Å². The average Bonchev–Trinajstić information content (AvgIpc) is 3.78. The van der Waals surface area contributed by atoms with Crippen LogP contribution in [0.15, 0.2) is 86.2 Å². The molecular formula is C51H59N4O3+. The van der Waals surface area contributed by atoms with Crippen molar-refractivity contribution in [1.82, 2.24) is 14.5 Å². The number of aryl methyl sites for hydroxylation is 4. The number of H-pyrrole nitrogens is 1. The molecule has 300 valence electrons. The third-order valence-corrected chi connectivity index (χ3v) is 9.20. The van der Waals surface area contributed by atoms with Crippen LogP contribution in [0.1, 0.15) is 128 Å². The number of carbonyl (C=O) groups is 2. The molecular weight excluding hydrogens is 717 g/mol. The van der Waals surface area contributed by atoms with Crippen LogP contribution in [0, 0.1) is 66.1 Å². The van der Waals surface area contributed by atoms with Gasteiger partial charge in [-0.1, -0.05) is 111 Å². The van der Waals surface area contributed by atoms with Crippen LogP contribution >= 0.6 is 0 Å². The molecule has 0 unspecified atom stereocenters. The van der Waals surface area contributed by atoms with Crippen molar-refractivity contribution >= 4 is 17.1 Å². The number of Topliss-reactive ketones (excluding diaryl/α,β-unsaturated/α-hetero) is 2. The highest BCUT2D eigenvalue weighted by atomic mass is 16.5. The summed E-state index contributed by atoms with van der Waals surface area (Å²) in [7, 11) is 5.44. The number of aromatic nitrogens is 4. The number of aromatic amines is 1. The van der Waals surface area contributed by atoms with Crippen LogP contribution in [0.25, 0.3) is 5.57 Å². The number of nitrogens with one attached hydrogen (secondary N) is 1. The second-order valence-electron chi connectivity index (χ2n) is 17.4. The summed E-state index contributed by atoms with van der Waals surface area (Å²) in [5, 5.41) is 0. The first-order valence-corrected chi connectivity index (χ1v) is 19.2. The molecule has 0 saturated heterocycles. The fraction of sp³-hybridized carbons (Fsp3) is 0.333. The molecule has 0 fully saturated rings. The van der Waals surface area contributed by atoms with E-state index in [1.54, 1.807) is 37.8 Å². The van der Waals surface area contributed by atoms with Gasteiger partial charge in [0.25, 0.3) is 0 Å². The zero-order valence-corrected chi connectivity index (χ0v) is 36.9. The van der Waals surface area contributed by atoms with E-state index < -0.39 is 5.41 Å². The van der Waals surface area contributed by atoms with Crippen LogP contribution in [-0.4, -0.2) is 33.2 Å². The number of ether oxygens (including phenoxy) is 1. The van der Waals surface area contributed by atoms with Crippen LogP contribution in [0.4, 0.5) is 0 Å². The first-order valence-electron chi connectivity index (χ1n) is 19.2. The Kier molecular flexibility index (Phi) is 15.2. The number of hydrogen-bond acceptors (Lipinski definition) is 4. The van der Waals surface area contributed by atoms with Gasteiger partial charge in [-0.25, -0.2) is 14.5 Å². The molecule has 2 aromatic heterocycles. The Morgan fingerprint density at radius 3 is 1.71 bits per heavy atom. The summed E-state index contributed by atoms with van der Waals surface area (Å²) in [5.41, 5.74) is 9.46. The molecule has 0 aliphatic heterocycles. The van der Waals surface area contributed by atoms with E-state index in [1.807, 2.05) is 102 Å². The Bertz CT molecular complexity index is 2460. The van der Waals surface area contributed by atoms with Crippen LogP contribution in [-0.2, 0) is 14.1 Å². The summed E-state index contributed by atoms with van der Waals surface area (Å²) in [6.45, 7) is 26.3. The largest absolute Gasteiger partial charge is 0.495 e. The molecule has 0 amide bonds. The number of hydrogen-bond donors (Lipinski definition) is 1. The number of methoxy groups -OCH3 is 1. The first kappa shape index (κ1) is 46.0. The van der Waals surface area contributed by atoms with Crippen molar-refractivity contribution in [1.29, 1.82) is 0 Å². The fourth-order valence-electron chi connectivity index (χ4n) is 5.36. The van der Waals surface area contributed by atoms with Gasteiger partial charge in [0.15, 0.2) is 11.6 Å². The molecule has 0 aliphatic rings. The number of allylic oxidation sites excluding steroid dienone is 1. The summed E-state index contributed by atoms with van der Waals surface area (Å²) in [6, 6.07) is 17.3. The fourth-order valence-corrected chi connectivity index (χ4v) is 5.36. The number of carbonyl (C=O) groups excluding carboxylic acids is 2. The van der Waals surface area contributed by atoms with Gasteiger partial charge in [0.1, 0.15) is 17.6 Å². The van der Waals surface area contributed by atoms with E-state index >= 15 is 0 Å². The quantitative estimate of drug-likeness (QED) is 0.112. The maximum absolute atomic E-state index is 12.3. The minimum Gasteiger partial charge on any atom is -0.495 e. The SMILES string of the molecule is C#Cc1cc(C(=O)C(C)(C)C)ccc1OC.C=C(c1ccc(C)c(C#Cc2cncn2C)c1)C(C)(C)C.Cc1ccc(C(=O)C(C)(C)C)cc1C#Cc1c[n+](C)c[nH]1. The molecule has 5 rings (SSSR count). The van der Waals surface area contributed by atoms with Crippen LogP contribution < -0.4 is 9.30 Å². The Hall–Kier alpha value is -6.36. The van der Waals surface area contributed by atoms with E-state index in [9.17, 15) is 9.59 Å². The Morgan fingerprint density at radius 1 is 0.759 bits per heavy atom. The molecule has 0 aliphatic carbocycles. The number of imidazole rings is 2. The van der Waals surface area contributed by atoms with Gasteiger partial charge < -0.3 is 9.30 Å². The lowest BCUT2D eigenvalue weighted by molar-refractivity contribution is -0.670. The van der Waals surface area contributed by atoms with Gasteiger partial charge in [-0.3, -0.25) is 9.59 Å². The standard InChI is InChI=1S/C19H22N2.C18H20N2O.C14H16O2/c1-14-7-8-17(15(2)19(3,4)5)11-16(14)9-10-18-12-20-13-21(18)6;1-13-6-7-15(17(21)18(2,3)4)10-14(13)8-9-16-11-20(5)12-19-16;1-6-10-9-11(7-8-12(10)16-5)13(15)14(2,3)4/h7-8,11-13H,2H2,1,3-6H3;6-7,10-12H,1-5H3;1,7-9H,2-5H3/p+1. The molecule has 58 heavy (non-hydrogen) atoms. The Balaban J connectivity index is 0.000000236. The number of benzene rings is 3. The van der Waals surface area contributed by atoms with Crippen molar-refractivity contribution < 1.29 is 18.9 Å². The highest BCUT2D eigenvalue weighted by molar-refractivity contribution is 6.00. The highest BCUT2D eigenvalue weighted by Gasteiger charge is 2.24. The van der Waals surface area contributed by atoms with Crippen molar-refractivity contribution in [3.8, 4) is 41.8 Å². The topological polar surface area (TPSA) is 80.9 Å². The van der Waals surface area contributed by atoms with Crippen molar-refractivity contribution in [2.24, 2.45) is 30.3 Å². The molecule has 7 heteroatoms. The number of terminal acetylenes is 1. The molecule has 0 bridgehead atoms. The molecule has 3 aromatic carbocycles. The van der Waals surface area contributed by atoms with E-state index in [-0.39, 0.29) is 22.4 Å². The monoisotopic (exact) mass is 775 g/mol. The maximum Gasteiger partial charge on any atom is 0.242 e. The van der Waals surface area contributed by atoms with Crippen LogP contribution in [0.3, 0.4) is 0 Å². The predicted octanol–water partition coefficient (Wildman–Crippen LogP) is 9.87. The minimum absolute atomic E-state index is 0.0575. The summed E-state index contributed by atoms with van der Waals surface area (Å²) >= 11 is 0. The van der Waals surface area contributed by atoms with Gasteiger partial charge in [-0.05, 0) is 83.7 Å². The van der Waals surface area contributed by atoms with Crippen molar-refractivity contribution in [2.45, 2.75) is 76.2 Å². The Morgan fingerprint density at radius 2 is 1.26 bits per heavy atom. The van der Waals surface area contributed by atoms with Gasteiger partial charge in [0.2, 0.25) is 12.0 Å². The molecule has 0 atom stereocenters. The van der Waals surface area contributed by atoms with Crippen LogP contribution in [0.2, 0.25) is 0 Å². The lowest BCUT2D eigenvalue weighted by atomic mass is 9.82. The summed E-state index contributed by atoms with van der Waals surface area (Å²) in [5.74, 6) is 16.0. The van der Waals surface area contributed by atoms with Gasteiger partial charge in [0.05, 0.1) is 32.2 Å². The third kappa shape index (κ3) is 12.8. The molecule has 7 nitrogen and oxygen atoms in total. The summed E-state index contributed by atoms with van der Waals surface area (Å²) in [6.07, 6.45) is 12.7. The normalized spacial score (nSPS) is 10.8. The van der Waals surface area contributed by atoms with Gasteiger partial charge in [-0.2, -0.15) is 0 Å². The van der Waals surface area contributed by atoms with E-state index in [0.717, 1.165) is 44.8 Å². The maximum atomic E-state index is 12.3. The van der Waals surface area contributed by atoms with E-state index in [0.29, 0.717) is 16.9 Å². The lowest BCUT2D eigenvalue weighted by Gasteiger charge is -2.22. The van der Waals surface area contributed by atoms with Crippen molar-refractivity contribution in [3.05, 3.63) is 142 Å². The summed E-state index contributed by atoms with van der Waals surface area (Å²) < 4.78 is 8.93. The van der Waals surface area contributed by atoms with E-state index in [1.165, 1.54) is 5.56 Å². The Labute approximate surface area is 347 Å². The van der Waals surface area contributed by atoms with Gasteiger partial charge >= 0.3 is 0 Å². The second kappa shape index (κ2) is 19.2. The summed E-state index contributed by atoms with van der Waals surface area (Å²) in [4.78, 5) is 31.5. The van der Waals surface area contributed by atoms with Crippen molar-refractivity contribution in [2.75, 3.05) is 7.11 Å². The zero-order chi connectivity index (χ0) is 43.6. The van der Waals surface area contributed by atoms with E-state index in [4.69, 9.17) is 11.2 Å². The molecule has 5 aromatic rings. The minimum atomic E-state index is -0.402. The predicted molar refractivity (Wildman–Crippen MR) is 236 cm³/mol. The highest BCUT2D eigenvalue weighted by Crippen LogP contribution is 2.33. The van der Waals surface area contributed by atoms with Crippen molar-refractivity contribution in [3.63, 3.8) is 0 Å². The lowest BCUT2D eigenvalue weighted by Crippen LogP contribution is -2.22. The third-order valence-electron chi connectivity index (χ3n) is 9.20. The second-order valence-corrected chi connectivity index (χ2v) is 17.4. The average molecular weight is 776 g/mol.